The van der Waals surface area contributed by atoms with Crippen LogP contribution in [0.3, 0.4) is 0 Å². The summed E-state index contributed by atoms with van der Waals surface area (Å²) < 4.78 is 5.43. The molecule has 1 aromatic heterocycles. The molecule has 2 rings (SSSR count). The Hall–Kier alpha value is -0.380. The molecule has 0 saturated carbocycles. The predicted molar refractivity (Wildman–Crippen MR) is 95.2 cm³/mol. The quantitative estimate of drug-likeness (QED) is 0.450. The second-order valence-electron chi connectivity index (χ2n) is 4.60. The first kappa shape index (κ1) is 17.7. The molecule has 5 nitrogen and oxygen atoms in total. The number of thiophene rings is 1. The summed E-state index contributed by atoms with van der Waals surface area (Å²) in [5, 5.41) is 3.19. The number of nitrogens with zero attached hydrogens (tertiary/aromatic N) is 2. The standard InChI is InChI=1S/C13H22N4OS.HI/c1-10-3-4-12(19-10)11(9-16-13(14)15-2)17-5-7-18-8-6-17;/h3-4,11H,5-9H2,1-2H3,(H3,14,15,16);1H. The zero-order valence-corrected chi connectivity index (χ0v) is 15.1. The Morgan fingerprint density at radius 1 is 1.50 bits per heavy atom. The highest BCUT2D eigenvalue weighted by Gasteiger charge is 2.23. The maximum absolute atomic E-state index is 5.73. The van der Waals surface area contributed by atoms with Crippen LogP contribution in [0.2, 0.25) is 0 Å². The average molecular weight is 410 g/mol. The topological polar surface area (TPSA) is 62.9 Å². The fourth-order valence-electron chi connectivity index (χ4n) is 2.21. The largest absolute Gasteiger partial charge is 0.379 e. The maximum atomic E-state index is 5.73. The first-order chi connectivity index (χ1) is 9.20. The zero-order chi connectivity index (χ0) is 13.7. The van der Waals surface area contributed by atoms with Gasteiger partial charge in [0.1, 0.15) is 0 Å². The number of nitrogens with one attached hydrogen (secondary N) is 1. The van der Waals surface area contributed by atoms with Gasteiger partial charge in [-0.1, -0.05) is 0 Å². The number of aryl methyl sites for hydroxylation is 1. The SMILES string of the molecule is CN=C(N)NCC(c1ccc(C)s1)N1CCOCC1.I. The second-order valence-corrected chi connectivity index (χ2v) is 5.92. The summed E-state index contributed by atoms with van der Waals surface area (Å²) >= 11 is 1.85. The summed E-state index contributed by atoms with van der Waals surface area (Å²) in [6.07, 6.45) is 0. The van der Waals surface area contributed by atoms with Gasteiger partial charge in [-0.2, -0.15) is 0 Å². The average Bonchev–Trinajstić information content (AvgIpc) is 2.86. The third-order valence-electron chi connectivity index (χ3n) is 3.29. The number of morpholine rings is 1. The Balaban J connectivity index is 0.00000200. The van der Waals surface area contributed by atoms with Crippen molar-refractivity contribution in [3.05, 3.63) is 21.9 Å². The molecule has 2 heterocycles. The van der Waals surface area contributed by atoms with Crippen LogP contribution in [0.15, 0.2) is 17.1 Å². The van der Waals surface area contributed by atoms with E-state index in [1.165, 1.54) is 9.75 Å². The van der Waals surface area contributed by atoms with Crippen LogP contribution >= 0.6 is 35.3 Å². The Kier molecular flexibility index (Phi) is 7.78. The van der Waals surface area contributed by atoms with E-state index in [1.807, 2.05) is 11.3 Å². The summed E-state index contributed by atoms with van der Waals surface area (Å²) in [6.45, 7) is 6.46. The van der Waals surface area contributed by atoms with Crippen LogP contribution in [-0.2, 0) is 4.74 Å². The smallest absolute Gasteiger partial charge is 0.188 e. The molecule has 0 amide bonds. The van der Waals surface area contributed by atoms with Gasteiger partial charge in [0.2, 0.25) is 0 Å². The van der Waals surface area contributed by atoms with Crippen molar-refractivity contribution in [2.75, 3.05) is 39.9 Å². The third kappa shape index (κ3) is 4.87. The molecule has 1 unspecified atom stereocenters. The minimum absolute atomic E-state index is 0. The van der Waals surface area contributed by atoms with E-state index in [2.05, 4.69) is 34.3 Å². The monoisotopic (exact) mass is 410 g/mol. The molecule has 1 fully saturated rings. The number of hydrogen-bond acceptors (Lipinski definition) is 4. The van der Waals surface area contributed by atoms with Crippen molar-refractivity contribution >= 4 is 41.3 Å². The predicted octanol–water partition coefficient (Wildman–Crippen LogP) is 1.58. The Labute approximate surface area is 141 Å². The van der Waals surface area contributed by atoms with E-state index in [0.717, 1.165) is 32.8 Å². The van der Waals surface area contributed by atoms with Gasteiger partial charge in [-0.25, -0.2) is 0 Å². The molecule has 1 aliphatic heterocycles. The van der Waals surface area contributed by atoms with E-state index in [0.29, 0.717) is 12.0 Å². The Morgan fingerprint density at radius 2 is 2.20 bits per heavy atom. The fourth-order valence-corrected chi connectivity index (χ4v) is 3.22. The molecule has 0 radical (unpaired) electrons. The summed E-state index contributed by atoms with van der Waals surface area (Å²) in [7, 11) is 1.70. The van der Waals surface area contributed by atoms with E-state index in [-0.39, 0.29) is 24.0 Å². The summed E-state index contributed by atoms with van der Waals surface area (Å²) in [4.78, 5) is 9.11. The molecule has 20 heavy (non-hydrogen) atoms. The molecular formula is C13H23IN4OS. The van der Waals surface area contributed by atoms with Gasteiger partial charge in [-0.05, 0) is 19.1 Å². The summed E-state index contributed by atoms with van der Waals surface area (Å²) in [5.74, 6) is 0.492. The molecular weight excluding hydrogens is 387 g/mol. The Morgan fingerprint density at radius 3 is 2.75 bits per heavy atom. The molecule has 1 aromatic rings. The molecule has 3 N–H and O–H groups in total. The van der Waals surface area contributed by atoms with Crippen LogP contribution in [0.25, 0.3) is 0 Å². The lowest BCUT2D eigenvalue weighted by atomic mass is 10.2. The van der Waals surface area contributed by atoms with Crippen molar-refractivity contribution < 1.29 is 4.74 Å². The molecule has 7 heteroatoms. The number of halogens is 1. The van der Waals surface area contributed by atoms with Gasteiger partial charge in [-0.15, -0.1) is 35.3 Å². The lowest BCUT2D eigenvalue weighted by Crippen LogP contribution is -2.44. The first-order valence-corrected chi connectivity index (χ1v) is 7.36. The number of nitrogens with two attached hydrogens (primary N) is 1. The molecule has 0 aliphatic carbocycles. The molecule has 1 saturated heterocycles. The fraction of sp³-hybridized carbons (Fsp3) is 0.615. The van der Waals surface area contributed by atoms with Gasteiger partial charge in [0.05, 0.1) is 19.3 Å². The summed E-state index contributed by atoms with van der Waals surface area (Å²) in [5.41, 5.74) is 5.73. The molecule has 0 spiro atoms. The second kappa shape index (κ2) is 8.81. The first-order valence-electron chi connectivity index (χ1n) is 6.55. The van der Waals surface area contributed by atoms with E-state index in [9.17, 15) is 0 Å². The van der Waals surface area contributed by atoms with Gasteiger partial charge in [-0.3, -0.25) is 9.89 Å². The lowest BCUT2D eigenvalue weighted by molar-refractivity contribution is 0.0177. The van der Waals surface area contributed by atoms with E-state index >= 15 is 0 Å². The van der Waals surface area contributed by atoms with Crippen LogP contribution in [0.1, 0.15) is 15.8 Å². The molecule has 0 bridgehead atoms. The highest BCUT2D eigenvalue weighted by molar-refractivity contribution is 14.0. The number of ether oxygens (including phenoxy) is 1. The van der Waals surface area contributed by atoms with Crippen molar-refractivity contribution in [1.82, 2.24) is 10.2 Å². The van der Waals surface area contributed by atoms with Crippen molar-refractivity contribution in [3.8, 4) is 0 Å². The number of guanidine groups is 1. The van der Waals surface area contributed by atoms with E-state index in [4.69, 9.17) is 10.5 Å². The normalized spacial score (nSPS) is 18.4. The molecule has 0 aromatic carbocycles. The van der Waals surface area contributed by atoms with Gasteiger partial charge in [0, 0.05) is 36.4 Å². The van der Waals surface area contributed by atoms with Crippen molar-refractivity contribution in [1.29, 1.82) is 0 Å². The van der Waals surface area contributed by atoms with Gasteiger partial charge in [0.25, 0.3) is 0 Å². The maximum Gasteiger partial charge on any atom is 0.188 e. The highest BCUT2D eigenvalue weighted by Crippen LogP contribution is 2.27. The van der Waals surface area contributed by atoms with Crippen molar-refractivity contribution in [2.24, 2.45) is 10.7 Å². The van der Waals surface area contributed by atoms with Gasteiger partial charge in [0.15, 0.2) is 5.96 Å². The zero-order valence-electron chi connectivity index (χ0n) is 12.0. The Bertz CT molecular complexity index is 432. The number of hydrogen-bond donors (Lipinski definition) is 2. The summed E-state index contributed by atoms with van der Waals surface area (Å²) in [6, 6.07) is 4.72. The molecule has 114 valence electrons. The van der Waals surface area contributed by atoms with Gasteiger partial charge >= 0.3 is 0 Å². The number of aliphatic imine (C=N–C) groups is 1. The van der Waals surface area contributed by atoms with E-state index in [1.54, 1.807) is 7.05 Å². The third-order valence-corrected chi connectivity index (χ3v) is 4.40. The van der Waals surface area contributed by atoms with Crippen LogP contribution in [0.4, 0.5) is 0 Å². The molecule has 1 aliphatic rings. The van der Waals surface area contributed by atoms with Crippen molar-refractivity contribution in [3.63, 3.8) is 0 Å². The lowest BCUT2D eigenvalue weighted by Gasteiger charge is -2.34. The van der Waals surface area contributed by atoms with E-state index < -0.39 is 0 Å². The van der Waals surface area contributed by atoms with Crippen LogP contribution in [0.5, 0.6) is 0 Å². The van der Waals surface area contributed by atoms with Crippen LogP contribution < -0.4 is 11.1 Å². The number of rotatable bonds is 4. The van der Waals surface area contributed by atoms with Crippen LogP contribution in [0, 0.1) is 6.92 Å². The highest BCUT2D eigenvalue weighted by atomic mass is 127. The van der Waals surface area contributed by atoms with Gasteiger partial charge < -0.3 is 15.8 Å². The minimum atomic E-state index is 0. The molecule has 1 atom stereocenters. The minimum Gasteiger partial charge on any atom is -0.379 e. The van der Waals surface area contributed by atoms with Crippen molar-refractivity contribution in [2.45, 2.75) is 13.0 Å². The van der Waals surface area contributed by atoms with Crippen LogP contribution in [-0.4, -0.2) is 50.8 Å².